The predicted molar refractivity (Wildman–Crippen MR) is 91.6 cm³/mol. The second-order valence-electron chi connectivity index (χ2n) is 5.92. The Morgan fingerprint density at radius 2 is 2.24 bits per heavy atom. The topological polar surface area (TPSA) is 84.5 Å². The lowest BCUT2D eigenvalue weighted by Crippen LogP contribution is -2.44. The van der Waals surface area contributed by atoms with Crippen LogP contribution in [0.3, 0.4) is 0 Å². The molecule has 1 unspecified atom stereocenters. The number of para-hydroxylation sites is 1. The van der Waals surface area contributed by atoms with Crippen molar-refractivity contribution in [3.63, 3.8) is 0 Å². The number of amides is 1. The molecule has 1 aromatic heterocycles. The Hall–Kier alpha value is -2.67. The molecule has 1 aliphatic heterocycles. The molecule has 2 heterocycles. The van der Waals surface area contributed by atoms with Crippen molar-refractivity contribution in [1.82, 2.24) is 14.9 Å². The summed E-state index contributed by atoms with van der Waals surface area (Å²) in [6.45, 7) is 2.98. The minimum Gasteiger partial charge on any atom is -0.496 e. The third-order valence-electron chi connectivity index (χ3n) is 4.20. The van der Waals surface area contributed by atoms with Crippen molar-refractivity contribution in [2.75, 3.05) is 26.9 Å². The number of morpholine rings is 1. The number of H-pyrrole nitrogens is 1. The van der Waals surface area contributed by atoms with Gasteiger partial charge < -0.3 is 19.4 Å². The number of carbonyl (C=O) groups is 1. The highest BCUT2D eigenvalue weighted by atomic mass is 16.5. The molecule has 25 heavy (non-hydrogen) atoms. The third kappa shape index (κ3) is 3.88. The molecule has 7 nitrogen and oxygen atoms in total. The highest BCUT2D eigenvalue weighted by Gasteiger charge is 2.30. The van der Waals surface area contributed by atoms with Crippen molar-refractivity contribution >= 4 is 5.91 Å². The van der Waals surface area contributed by atoms with E-state index in [4.69, 9.17) is 9.47 Å². The third-order valence-corrected chi connectivity index (χ3v) is 4.20. The van der Waals surface area contributed by atoms with Gasteiger partial charge in [0.1, 0.15) is 11.6 Å². The summed E-state index contributed by atoms with van der Waals surface area (Å²) in [5.41, 5.74) is 1.15. The molecule has 1 atom stereocenters. The van der Waals surface area contributed by atoms with Crippen molar-refractivity contribution in [1.29, 1.82) is 0 Å². The van der Waals surface area contributed by atoms with E-state index in [2.05, 4.69) is 9.97 Å². The quantitative estimate of drug-likeness (QED) is 0.903. The van der Waals surface area contributed by atoms with Gasteiger partial charge >= 0.3 is 0 Å². The molecule has 2 aromatic rings. The van der Waals surface area contributed by atoms with E-state index >= 15 is 0 Å². The number of aryl methyl sites for hydroxylation is 1. The van der Waals surface area contributed by atoms with E-state index in [1.54, 1.807) is 18.9 Å². The van der Waals surface area contributed by atoms with Gasteiger partial charge in [-0.15, -0.1) is 0 Å². The van der Waals surface area contributed by atoms with Gasteiger partial charge in [-0.3, -0.25) is 9.59 Å². The van der Waals surface area contributed by atoms with Crippen LogP contribution in [0, 0.1) is 6.92 Å². The van der Waals surface area contributed by atoms with Crippen molar-refractivity contribution in [3.05, 3.63) is 57.8 Å². The molecule has 1 N–H and O–H groups in total. The number of hydrogen-bond donors (Lipinski definition) is 1. The van der Waals surface area contributed by atoms with Crippen molar-refractivity contribution < 1.29 is 14.3 Å². The van der Waals surface area contributed by atoms with Crippen LogP contribution in [0.1, 0.15) is 23.1 Å². The van der Waals surface area contributed by atoms with Crippen LogP contribution in [-0.4, -0.2) is 47.6 Å². The normalized spacial score (nSPS) is 17.4. The Morgan fingerprint density at radius 3 is 3.00 bits per heavy atom. The van der Waals surface area contributed by atoms with Crippen LogP contribution in [0.25, 0.3) is 0 Å². The zero-order valence-corrected chi connectivity index (χ0v) is 14.3. The molecule has 1 aromatic carbocycles. The number of ether oxygens (including phenoxy) is 2. The molecular weight excluding hydrogens is 322 g/mol. The first-order chi connectivity index (χ1) is 12.1. The maximum Gasteiger partial charge on any atom is 0.251 e. The van der Waals surface area contributed by atoms with E-state index in [-0.39, 0.29) is 23.9 Å². The van der Waals surface area contributed by atoms with Gasteiger partial charge in [0.15, 0.2) is 0 Å². The van der Waals surface area contributed by atoms with Gasteiger partial charge in [-0.2, -0.15) is 0 Å². The van der Waals surface area contributed by atoms with Gasteiger partial charge in [0.2, 0.25) is 5.91 Å². The van der Waals surface area contributed by atoms with E-state index in [9.17, 15) is 9.59 Å². The maximum absolute atomic E-state index is 12.9. The summed E-state index contributed by atoms with van der Waals surface area (Å²) in [4.78, 5) is 33.4. The Kier molecular flexibility index (Phi) is 5.14. The monoisotopic (exact) mass is 343 g/mol. The van der Waals surface area contributed by atoms with E-state index in [1.165, 1.54) is 6.07 Å². The van der Waals surface area contributed by atoms with Crippen LogP contribution in [0.15, 0.2) is 35.1 Å². The molecule has 1 saturated heterocycles. The highest BCUT2D eigenvalue weighted by molar-refractivity contribution is 5.80. The fourth-order valence-corrected chi connectivity index (χ4v) is 3.03. The summed E-state index contributed by atoms with van der Waals surface area (Å²) < 4.78 is 10.8. The molecule has 0 bridgehead atoms. The number of aromatic amines is 1. The van der Waals surface area contributed by atoms with Gasteiger partial charge in [-0.05, 0) is 13.0 Å². The van der Waals surface area contributed by atoms with Gasteiger partial charge in [0, 0.05) is 18.2 Å². The first kappa shape index (κ1) is 17.2. The lowest BCUT2D eigenvalue weighted by atomic mass is 10.1. The Labute approximate surface area is 145 Å². The molecule has 1 fully saturated rings. The average Bonchev–Trinajstić information content (AvgIpc) is 2.61. The molecule has 7 heteroatoms. The summed E-state index contributed by atoms with van der Waals surface area (Å²) in [5.74, 6) is 1.16. The van der Waals surface area contributed by atoms with Gasteiger partial charge in [-0.25, -0.2) is 4.98 Å². The first-order valence-corrected chi connectivity index (χ1v) is 8.15. The maximum atomic E-state index is 12.9. The fraction of sp³-hybridized carbons (Fsp3) is 0.389. The number of rotatable bonds is 4. The van der Waals surface area contributed by atoms with Crippen LogP contribution in [0.5, 0.6) is 5.75 Å². The van der Waals surface area contributed by atoms with Gasteiger partial charge in [0.05, 0.1) is 38.5 Å². The van der Waals surface area contributed by atoms with Crippen LogP contribution in [0.2, 0.25) is 0 Å². The van der Waals surface area contributed by atoms with E-state index in [1.807, 2.05) is 24.3 Å². The van der Waals surface area contributed by atoms with E-state index < -0.39 is 0 Å². The molecular formula is C18H21N3O4. The Balaban J connectivity index is 1.85. The van der Waals surface area contributed by atoms with Crippen molar-refractivity contribution in [3.8, 4) is 5.75 Å². The number of nitrogens with zero attached hydrogens (tertiary/aromatic N) is 2. The molecule has 3 rings (SSSR count). The molecule has 0 radical (unpaired) electrons. The number of aromatic nitrogens is 2. The van der Waals surface area contributed by atoms with Crippen molar-refractivity contribution in [2.24, 2.45) is 0 Å². The summed E-state index contributed by atoms with van der Waals surface area (Å²) in [6.07, 6.45) is 0.225. The summed E-state index contributed by atoms with van der Waals surface area (Å²) in [5, 5.41) is 0. The second kappa shape index (κ2) is 7.48. The van der Waals surface area contributed by atoms with Gasteiger partial charge in [-0.1, -0.05) is 18.2 Å². The molecule has 0 spiro atoms. The van der Waals surface area contributed by atoms with Crippen molar-refractivity contribution in [2.45, 2.75) is 19.4 Å². The Bertz CT molecular complexity index is 818. The number of carbonyl (C=O) groups excluding carboxylic acids is 1. The molecule has 0 saturated carbocycles. The number of methoxy groups -OCH3 is 1. The zero-order valence-electron chi connectivity index (χ0n) is 14.3. The summed E-state index contributed by atoms with van der Waals surface area (Å²) in [7, 11) is 1.59. The minimum absolute atomic E-state index is 0.0439. The first-order valence-electron chi connectivity index (χ1n) is 8.15. The molecule has 1 aliphatic rings. The Morgan fingerprint density at radius 1 is 1.44 bits per heavy atom. The van der Waals surface area contributed by atoms with Crippen LogP contribution < -0.4 is 10.3 Å². The zero-order chi connectivity index (χ0) is 17.8. The second-order valence-corrected chi connectivity index (χ2v) is 5.92. The SMILES string of the molecule is COc1ccccc1CC(=O)N1CCOCC1c1cc(=O)[nH]c(C)n1. The standard InChI is InChI=1S/C18H21N3O4/c1-12-19-14(10-17(22)20-12)15-11-25-8-7-21(15)18(23)9-13-5-3-4-6-16(13)24-2/h3-6,10,15H,7-9,11H2,1-2H3,(H,19,20,22). The molecule has 1 amide bonds. The number of hydrogen-bond acceptors (Lipinski definition) is 5. The number of benzene rings is 1. The molecule has 0 aliphatic carbocycles. The minimum atomic E-state index is -0.364. The van der Waals surface area contributed by atoms with Gasteiger partial charge in [0.25, 0.3) is 5.56 Å². The van der Waals surface area contributed by atoms with E-state index in [0.717, 1.165) is 5.56 Å². The lowest BCUT2D eigenvalue weighted by molar-refractivity contribution is -0.139. The summed E-state index contributed by atoms with van der Waals surface area (Å²) >= 11 is 0. The fourth-order valence-electron chi connectivity index (χ4n) is 3.03. The smallest absolute Gasteiger partial charge is 0.251 e. The lowest BCUT2D eigenvalue weighted by Gasteiger charge is -2.35. The summed E-state index contributed by atoms with van der Waals surface area (Å²) in [6, 6.07) is 8.52. The number of nitrogens with one attached hydrogen (secondary N) is 1. The average molecular weight is 343 g/mol. The largest absolute Gasteiger partial charge is 0.496 e. The highest BCUT2D eigenvalue weighted by Crippen LogP contribution is 2.25. The van der Waals surface area contributed by atoms with E-state index in [0.29, 0.717) is 37.0 Å². The molecule has 132 valence electrons. The van der Waals surface area contributed by atoms with Crippen LogP contribution >= 0.6 is 0 Å². The predicted octanol–water partition coefficient (Wildman–Crippen LogP) is 1.23. The van der Waals surface area contributed by atoms with Crippen LogP contribution in [0.4, 0.5) is 0 Å². The van der Waals surface area contributed by atoms with Crippen LogP contribution in [-0.2, 0) is 16.0 Å².